The molecule has 4 aromatic rings. The molecule has 0 saturated carbocycles. The van der Waals surface area contributed by atoms with Gasteiger partial charge in [0.2, 0.25) is 0 Å². The van der Waals surface area contributed by atoms with Crippen LogP contribution in [-0.2, 0) is 13.0 Å². The number of carbonyl (C=O) groups excluding carboxylic acids is 1. The number of benzene rings is 2. The first-order valence-electron chi connectivity index (χ1n) is 9.26. The van der Waals surface area contributed by atoms with Crippen molar-refractivity contribution >= 4 is 39.0 Å². The van der Waals surface area contributed by atoms with E-state index in [9.17, 15) is 9.90 Å². The molecule has 146 valence electrons. The van der Waals surface area contributed by atoms with Crippen LogP contribution in [0.1, 0.15) is 20.8 Å². The summed E-state index contributed by atoms with van der Waals surface area (Å²) < 4.78 is 0.954. The molecule has 0 aliphatic rings. The number of aliphatic hydroxyl groups excluding tert-OH is 1. The molecular formula is C22H20N4O2S. The highest BCUT2D eigenvalue weighted by molar-refractivity contribution is 7.19. The fourth-order valence-electron chi connectivity index (χ4n) is 2.98. The van der Waals surface area contributed by atoms with E-state index in [1.807, 2.05) is 48.5 Å². The van der Waals surface area contributed by atoms with E-state index in [4.69, 9.17) is 0 Å². The van der Waals surface area contributed by atoms with Crippen LogP contribution >= 0.6 is 11.3 Å². The summed E-state index contributed by atoms with van der Waals surface area (Å²) in [7, 11) is 0. The number of aliphatic hydroxyl groups is 1. The molecule has 0 aliphatic heterocycles. The van der Waals surface area contributed by atoms with Crippen molar-refractivity contribution in [1.29, 1.82) is 0 Å². The van der Waals surface area contributed by atoms with Gasteiger partial charge in [0.15, 0.2) is 0 Å². The Kier molecular flexibility index (Phi) is 5.79. The van der Waals surface area contributed by atoms with Crippen molar-refractivity contribution in [1.82, 2.24) is 9.97 Å². The Morgan fingerprint density at radius 2 is 1.83 bits per heavy atom. The van der Waals surface area contributed by atoms with Gasteiger partial charge in [-0.2, -0.15) is 0 Å². The topological polar surface area (TPSA) is 87.1 Å². The molecule has 0 bridgehead atoms. The van der Waals surface area contributed by atoms with E-state index >= 15 is 0 Å². The molecule has 0 aliphatic carbocycles. The second kappa shape index (κ2) is 8.81. The molecule has 3 N–H and O–H groups in total. The number of nitrogens with one attached hydrogen (secondary N) is 2. The first kappa shape index (κ1) is 19.0. The molecule has 0 radical (unpaired) electrons. The fraction of sp³-hybridized carbons (Fsp3) is 0.136. The average molecular weight is 404 g/mol. The summed E-state index contributed by atoms with van der Waals surface area (Å²) in [5.41, 5.74) is 3.40. The maximum absolute atomic E-state index is 12.2. The Morgan fingerprint density at radius 1 is 1.03 bits per heavy atom. The molecule has 2 aromatic heterocycles. The van der Waals surface area contributed by atoms with Crippen molar-refractivity contribution in [2.24, 2.45) is 0 Å². The van der Waals surface area contributed by atoms with E-state index < -0.39 is 0 Å². The lowest BCUT2D eigenvalue weighted by Gasteiger charge is -2.08. The minimum atomic E-state index is -0.119. The molecule has 2 aromatic carbocycles. The molecule has 7 heteroatoms. The van der Waals surface area contributed by atoms with Gasteiger partial charge in [0.25, 0.3) is 5.91 Å². The quantitative estimate of drug-likeness (QED) is 0.432. The maximum atomic E-state index is 12.2. The molecule has 1 amide bonds. The van der Waals surface area contributed by atoms with Gasteiger partial charge in [0.1, 0.15) is 12.1 Å². The lowest BCUT2D eigenvalue weighted by atomic mass is 10.1. The van der Waals surface area contributed by atoms with Gasteiger partial charge in [-0.25, -0.2) is 9.97 Å². The minimum absolute atomic E-state index is 0.00757. The molecule has 6 nitrogen and oxygen atoms in total. The van der Waals surface area contributed by atoms with Gasteiger partial charge < -0.3 is 15.7 Å². The lowest BCUT2D eigenvalue weighted by Crippen LogP contribution is -2.11. The zero-order valence-corrected chi connectivity index (χ0v) is 16.4. The normalized spacial score (nSPS) is 10.8. The SMILES string of the molecule is O=C(Nc1ccc(CCNc2ncnc3cc(CO)sc23)cc1)c1ccccc1. The number of anilines is 2. The molecule has 0 unspecified atom stereocenters. The summed E-state index contributed by atoms with van der Waals surface area (Å²) in [6.45, 7) is 0.724. The van der Waals surface area contributed by atoms with Crippen molar-refractivity contribution in [2.75, 3.05) is 17.2 Å². The van der Waals surface area contributed by atoms with Crippen LogP contribution < -0.4 is 10.6 Å². The van der Waals surface area contributed by atoms with Crippen molar-refractivity contribution in [3.63, 3.8) is 0 Å². The number of aromatic nitrogens is 2. The van der Waals surface area contributed by atoms with Crippen LogP contribution in [0.25, 0.3) is 10.2 Å². The van der Waals surface area contributed by atoms with Crippen LogP contribution in [0.15, 0.2) is 67.0 Å². The Balaban J connectivity index is 1.34. The average Bonchev–Trinajstić information content (AvgIpc) is 3.20. The molecule has 0 spiro atoms. The van der Waals surface area contributed by atoms with Crippen LogP contribution in [0.5, 0.6) is 0 Å². The fourth-order valence-corrected chi connectivity index (χ4v) is 3.92. The summed E-state index contributed by atoms with van der Waals surface area (Å²) in [6.07, 6.45) is 2.35. The Morgan fingerprint density at radius 3 is 2.59 bits per heavy atom. The van der Waals surface area contributed by atoms with Crippen LogP contribution in [0.3, 0.4) is 0 Å². The number of amides is 1. The highest BCUT2D eigenvalue weighted by atomic mass is 32.1. The van der Waals surface area contributed by atoms with E-state index in [0.717, 1.165) is 38.6 Å². The number of rotatable bonds is 7. The van der Waals surface area contributed by atoms with E-state index in [1.165, 1.54) is 17.7 Å². The number of hydrogen-bond donors (Lipinski definition) is 3. The summed E-state index contributed by atoms with van der Waals surface area (Å²) in [5, 5.41) is 15.6. The monoisotopic (exact) mass is 404 g/mol. The van der Waals surface area contributed by atoms with Crippen molar-refractivity contribution in [2.45, 2.75) is 13.0 Å². The molecule has 0 fully saturated rings. The zero-order chi connectivity index (χ0) is 20.1. The second-order valence-electron chi connectivity index (χ2n) is 6.50. The highest BCUT2D eigenvalue weighted by Crippen LogP contribution is 2.29. The van der Waals surface area contributed by atoms with E-state index in [2.05, 4.69) is 20.6 Å². The lowest BCUT2D eigenvalue weighted by molar-refractivity contribution is 0.102. The molecule has 0 saturated heterocycles. The molecule has 2 heterocycles. The second-order valence-corrected chi connectivity index (χ2v) is 7.64. The summed E-state index contributed by atoms with van der Waals surface area (Å²) in [4.78, 5) is 21.6. The number of hydrogen-bond acceptors (Lipinski definition) is 6. The predicted molar refractivity (Wildman–Crippen MR) is 116 cm³/mol. The van der Waals surface area contributed by atoms with Crippen molar-refractivity contribution in [3.05, 3.63) is 83.0 Å². The number of fused-ring (bicyclic) bond motifs is 1. The van der Waals surface area contributed by atoms with Gasteiger partial charge >= 0.3 is 0 Å². The van der Waals surface area contributed by atoms with E-state index in [1.54, 1.807) is 12.1 Å². The smallest absolute Gasteiger partial charge is 0.255 e. The van der Waals surface area contributed by atoms with Gasteiger partial charge in [-0.05, 0) is 42.3 Å². The standard InChI is InChI=1S/C22H20N4O2S/c27-13-18-12-19-20(29-18)21(25-14-24-19)23-11-10-15-6-8-17(9-7-15)26-22(28)16-4-2-1-3-5-16/h1-9,12,14,27H,10-11,13H2,(H,26,28)(H,23,24,25). The zero-order valence-electron chi connectivity index (χ0n) is 15.6. The van der Waals surface area contributed by atoms with Gasteiger partial charge in [-0.1, -0.05) is 30.3 Å². The molecule has 4 rings (SSSR count). The van der Waals surface area contributed by atoms with Gasteiger partial charge in [0, 0.05) is 22.7 Å². The minimum Gasteiger partial charge on any atom is -0.391 e. The van der Waals surface area contributed by atoms with Crippen molar-refractivity contribution in [3.8, 4) is 0 Å². The van der Waals surface area contributed by atoms with Crippen LogP contribution in [0.4, 0.5) is 11.5 Å². The van der Waals surface area contributed by atoms with Crippen LogP contribution in [0.2, 0.25) is 0 Å². The molecule has 29 heavy (non-hydrogen) atoms. The number of carbonyl (C=O) groups is 1. The first-order valence-corrected chi connectivity index (χ1v) is 10.1. The Hall–Kier alpha value is -3.29. The third-order valence-electron chi connectivity index (χ3n) is 4.47. The molecular weight excluding hydrogens is 384 g/mol. The third kappa shape index (κ3) is 4.59. The van der Waals surface area contributed by atoms with Gasteiger partial charge in [-0.15, -0.1) is 11.3 Å². The Bertz CT molecular complexity index is 1110. The van der Waals surface area contributed by atoms with Crippen molar-refractivity contribution < 1.29 is 9.90 Å². The largest absolute Gasteiger partial charge is 0.391 e. The van der Waals surface area contributed by atoms with Crippen LogP contribution in [0, 0.1) is 0 Å². The van der Waals surface area contributed by atoms with Crippen LogP contribution in [-0.4, -0.2) is 27.5 Å². The Labute approximate surface area is 172 Å². The number of thiophene rings is 1. The summed E-state index contributed by atoms with van der Waals surface area (Å²) in [6, 6.07) is 18.9. The van der Waals surface area contributed by atoms with E-state index in [-0.39, 0.29) is 12.5 Å². The summed E-state index contributed by atoms with van der Waals surface area (Å²) in [5.74, 6) is 0.664. The predicted octanol–water partition coefficient (Wildman–Crippen LogP) is 4.09. The van der Waals surface area contributed by atoms with Gasteiger partial charge in [0.05, 0.1) is 16.8 Å². The van der Waals surface area contributed by atoms with E-state index in [0.29, 0.717) is 12.1 Å². The molecule has 0 atom stereocenters. The highest BCUT2D eigenvalue weighted by Gasteiger charge is 2.08. The van der Waals surface area contributed by atoms with Gasteiger partial charge in [-0.3, -0.25) is 4.79 Å². The maximum Gasteiger partial charge on any atom is 0.255 e. The third-order valence-corrected chi connectivity index (χ3v) is 5.59. The number of nitrogens with zero attached hydrogens (tertiary/aromatic N) is 2. The summed E-state index contributed by atoms with van der Waals surface area (Å²) >= 11 is 1.50. The first-order chi connectivity index (χ1) is 14.2.